The van der Waals surface area contributed by atoms with E-state index in [1.807, 2.05) is 0 Å². The number of hydrogen-bond acceptors (Lipinski definition) is 0. The van der Waals surface area contributed by atoms with E-state index in [-0.39, 0.29) is 0 Å². The lowest BCUT2D eigenvalue weighted by atomic mass is 10.2. The Balaban J connectivity index is 3.81. The van der Waals surface area contributed by atoms with Crippen molar-refractivity contribution in [3.63, 3.8) is 0 Å². The average molecular weight is 182 g/mol. The quantitative estimate of drug-likeness (QED) is 0.437. The molecule has 0 bridgehead atoms. The van der Waals surface area contributed by atoms with Gasteiger partial charge >= 0.3 is 0 Å². The molecule has 13 heavy (non-hydrogen) atoms. The maximum Gasteiger partial charge on any atom is 0.0996 e. The number of likely N-dealkylation sites (N-methyl/N-ethyl adjacent to an activating group) is 1. The van der Waals surface area contributed by atoms with Crippen LogP contribution >= 0.6 is 0 Å². The first kappa shape index (κ1) is 12.4. The maximum absolute atomic E-state index is 3.95. The molecule has 0 aromatic carbocycles. The van der Waals surface area contributed by atoms with Crippen LogP contribution in [-0.2, 0) is 0 Å². The van der Waals surface area contributed by atoms with Crippen molar-refractivity contribution in [3.05, 3.63) is 24.3 Å². The normalized spacial score (nSPS) is 12.3. The molecule has 1 nitrogen and oxygen atoms in total. The van der Waals surface area contributed by atoms with Crippen LogP contribution in [0.15, 0.2) is 24.3 Å². The van der Waals surface area contributed by atoms with Gasteiger partial charge in [0, 0.05) is 0 Å². The Bertz CT molecular complexity index is 178. The zero-order valence-electron chi connectivity index (χ0n) is 9.64. The first-order valence-corrected chi connectivity index (χ1v) is 5.09. The first-order valence-electron chi connectivity index (χ1n) is 5.09. The molecular formula is C12H24N+. The molecule has 0 aliphatic carbocycles. The lowest BCUT2D eigenvalue weighted by Gasteiger charge is -2.28. The van der Waals surface area contributed by atoms with Crippen LogP contribution in [-0.4, -0.2) is 31.7 Å². The molecule has 0 saturated carbocycles. The van der Waals surface area contributed by atoms with Gasteiger partial charge in [-0.25, -0.2) is 0 Å². The fraction of sp³-hybridized carbons (Fsp3) is 0.667. The van der Waals surface area contributed by atoms with Crippen molar-refractivity contribution < 1.29 is 4.48 Å². The number of quaternary nitrogens is 1. The van der Waals surface area contributed by atoms with E-state index in [4.69, 9.17) is 0 Å². The van der Waals surface area contributed by atoms with Crippen LogP contribution in [0.2, 0.25) is 0 Å². The van der Waals surface area contributed by atoms with Crippen molar-refractivity contribution in [2.75, 3.05) is 27.2 Å². The van der Waals surface area contributed by atoms with E-state index in [2.05, 4.69) is 46.7 Å². The monoisotopic (exact) mass is 182 g/mol. The number of nitrogens with zero attached hydrogens (tertiary/aromatic N) is 1. The molecule has 0 N–H and O–H groups in total. The summed E-state index contributed by atoms with van der Waals surface area (Å²) in [5, 5.41) is 0. The average Bonchev–Trinajstić information content (AvgIpc) is 1.95. The molecule has 0 amide bonds. The summed E-state index contributed by atoms with van der Waals surface area (Å²) in [5.41, 5.74) is 1.26. The summed E-state index contributed by atoms with van der Waals surface area (Å²) >= 11 is 0. The van der Waals surface area contributed by atoms with E-state index in [0.717, 1.165) is 17.6 Å². The van der Waals surface area contributed by atoms with Crippen LogP contribution in [0, 0.1) is 0 Å². The van der Waals surface area contributed by atoms with Crippen molar-refractivity contribution in [1.29, 1.82) is 0 Å². The standard InChI is InChI=1S/C12H24N/c1-6-7-8-9-10-13(4,5)11-12(2)3/h8-9H,2,6-7,10-11H2,1,3-5H3/q+1/b9-8+. The molecule has 76 valence electrons. The highest BCUT2D eigenvalue weighted by molar-refractivity contribution is 4.89. The fourth-order valence-corrected chi connectivity index (χ4v) is 1.44. The minimum Gasteiger partial charge on any atom is -0.322 e. The molecule has 0 aromatic rings. The second-order valence-corrected chi connectivity index (χ2v) is 4.49. The largest absolute Gasteiger partial charge is 0.322 e. The third-order valence-electron chi connectivity index (χ3n) is 1.92. The minimum atomic E-state index is 1.01. The van der Waals surface area contributed by atoms with E-state index in [9.17, 15) is 0 Å². The van der Waals surface area contributed by atoms with E-state index < -0.39 is 0 Å². The van der Waals surface area contributed by atoms with Crippen molar-refractivity contribution in [3.8, 4) is 0 Å². The van der Waals surface area contributed by atoms with Crippen LogP contribution in [0.4, 0.5) is 0 Å². The van der Waals surface area contributed by atoms with E-state index in [1.165, 1.54) is 18.4 Å². The predicted molar refractivity (Wildman–Crippen MR) is 60.7 cm³/mol. The molecule has 0 aliphatic rings. The lowest BCUT2D eigenvalue weighted by molar-refractivity contribution is -0.879. The molecule has 1 heteroatoms. The topological polar surface area (TPSA) is 0 Å². The maximum atomic E-state index is 3.95. The molecule has 0 rings (SSSR count). The third kappa shape index (κ3) is 7.79. The van der Waals surface area contributed by atoms with Crippen molar-refractivity contribution in [1.82, 2.24) is 0 Å². The second kappa shape index (κ2) is 5.98. The van der Waals surface area contributed by atoms with Crippen LogP contribution in [0.3, 0.4) is 0 Å². The highest BCUT2D eigenvalue weighted by atomic mass is 15.3. The van der Waals surface area contributed by atoms with Gasteiger partial charge in [0.15, 0.2) is 0 Å². The summed E-state index contributed by atoms with van der Waals surface area (Å²) in [6.45, 7) is 10.4. The predicted octanol–water partition coefficient (Wildman–Crippen LogP) is 3.00. The molecule has 0 radical (unpaired) electrons. The summed E-state index contributed by atoms with van der Waals surface area (Å²) in [4.78, 5) is 0. The van der Waals surface area contributed by atoms with Gasteiger partial charge in [-0.1, -0.05) is 26.0 Å². The Morgan fingerprint density at radius 2 is 1.92 bits per heavy atom. The molecule has 0 aliphatic heterocycles. The number of rotatable bonds is 6. The highest BCUT2D eigenvalue weighted by Gasteiger charge is 2.11. The van der Waals surface area contributed by atoms with E-state index in [1.54, 1.807) is 0 Å². The summed E-state index contributed by atoms with van der Waals surface area (Å²) in [6, 6.07) is 0. The van der Waals surface area contributed by atoms with Crippen LogP contribution in [0.1, 0.15) is 26.7 Å². The first-order chi connectivity index (χ1) is 5.98. The fourth-order valence-electron chi connectivity index (χ4n) is 1.44. The highest BCUT2D eigenvalue weighted by Crippen LogP contribution is 2.03. The van der Waals surface area contributed by atoms with Gasteiger partial charge in [-0.15, -0.1) is 0 Å². The second-order valence-electron chi connectivity index (χ2n) is 4.49. The summed E-state index contributed by atoms with van der Waals surface area (Å²) in [6.07, 6.45) is 7.00. The molecule has 0 heterocycles. The molecule has 0 aromatic heterocycles. The third-order valence-corrected chi connectivity index (χ3v) is 1.92. The van der Waals surface area contributed by atoms with Gasteiger partial charge in [-0.05, 0) is 25.0 Å². The van der Waals surface area contributed by atoms with Crippen LogP contribution in [0.5, 0.6) is 0 Å². The molecule has 0 unspecified atom stereocenters. The van der Waals surface area contributed by atoms with Crippen LogP contribution in [0.25, 0.3) is 0 Å². The summed E-state index contributed by atoms with van der Waals surface area (Å²) in [7, 11) is 4.48. The Hall–Kier alpha value is -0.560. The minimum absolute atomic E-state index is 1.01. The molecule has 0 saturated heterocycles. The number of hydrogen-bond donors (Lipinski definition) is 0. The van der Waals surface area contributed by atoms with Crippen LogP contribution < -0.4 is 0 Å². The molecule has 0 fully saturated rings. The zero-order valence-corrected chi connectivity index (χ0v) is 9.64. The van der Waals surface area contributed by atoms with Gasteiger partial charge in [0.1, 0.15) is 0 Å². The molecule has 0 spiro atoms. The van der Waals surface area contributed by atoms with Gasteiger partial charge in [-0.2, -0.15) is 0 Å². The van der Waals surface area contributed by atoms with Gasteiger partial charge in [0.2, 0.25) is 0 Å². The molecule has 0 atom stereocenters. The zero-order chi connectivity index (χ0) is 10.3. The Morgan fingerprint density at radius 1 is 1.31 bits per heavy atom. The van der Waals surface area contributed by atoms with Gasteiger partial charge in [0.05, 0.1) is 27.2 Å². The number of allylic oxidation sites excluding steroid dienone is 1. The van der Waals surface area contributed by atoms with Gasteiger partial charge in [0.25, 0.3) is 0 Å². The summed E-state index contributed by atoms with van der Waals surface area (Å²) in [5.74, 6) is 0. The lowest BCUT2D eigenvalue weighted by Crippen LogP contribution is -2.40. The van der Waals surface area contributed by atoms with Crippen molar-refractivity contribution in [2.24, 2.45) is 0 Å². The van der Waals surface area contributed by atoms with Crippen molar-refractivity contribution >= 4 is 0 Å². The Kier molecular flexibility index (Phi) is 5.72. The smallest absolute Gasteiger partial charge is 0.0996 e. The van der Waals surface area contributed by atoms with E-state index >= 15 is 0 Å². The summed E-state index contributed by atoms with van der Waals surface area (Å²) < 4.78 is 1.01. The Morgan fingerprint density at radius 3 is 2.38 bits per heavy atom. The van der Waals surface area contributed by atoms with E-state index in [0.29, 0.717) is 0 Å². The van der Waals surface area contributed by atoms with Crippen molar-refractivity contribution in [2.45, 2.75) is 26.7 Å². The SMILES string of the molecule is C=C(C)C[N+](C)(C)C/C=C/CCC. The Labute approximate surface area is 83.3 Å². The number of unbranched alkanes of at least 4 members (excludes halogenated alkanes) is 1. The van der Waals surface area contributed by atoms with Gasteiger partial charge < -0.3 is 4.48 Å². The van der Waals surface area contributed by atoms with Gasteiger partial charge in [-0.3, -0.25) is 0 Å². The molecular weight excluding hydrogens is 158 g/mol.